The predicted octanol–water partition coefficient (Wildman–Crippen LogP) is 1.47. The highest BCUT2D eigenvalue weighted by Gasteiger charge is 2.12. The minimum atomic E-state index is 0.190. The van der Waals surface area contributed by atoms with E-state index in [4.69, 9.17) is 11.6 Å². The second kappa shape index (κ2) is 4.09. The molecule has 0 radical (unpaired) electrons. The molecular formula is C9H13ClN4. The molecule has 0 aliphatic heterocycles. The van der Waals surface area contributed by atoms with Crippen LogP contribution in [-0.4, -0.2) is 25.6 Å². The van der Waals surface area contributed by atoms with Crippen molar-refractivity contribution >= 4 is 11.6 Å². The lowest BCUT2D eigenvalue weighted by Crippen LogP contribution is -2.06. The van der Waals surface area contributed by atoms with E-state index in [2.05, 4.69) is 21.5 Å². The molecule has 0 N–H and O–H groups in total. The molecule has 1 aliphatic carbocycles. The molecule has 1 atom stereocenters. The standard InChI is InChI=1S/C9H13ClN4/c1-14-12-9(11-13-14)6-7-3-2-4-8(10)5-7/h5,8H,2-4,6H2,1H3. The summed E-state index contributed by atoms with van der Waals surface area (Å²) in [4.78, 5) is 1.48. The van der Waals surface area contributed by atoms with Crippen LogP contribution in [0.2, 0.25) is 0 Å². The molecule has 1 heterocycles. The fraction of sp³-hybridized carbons (Fsp3) is 0.667. The van der Waals surface area contributed by atoms with E-state index >= 15 is 0 Å². The lowest BCUT2D eigenvalue weighted by atomic mass is 9.97. The van der Waals surface area contributed by atoms with Crippen LogP contribution in [0, 0.1) is 0 Å². The highest BCUT2D eigenvalue weighted by atomic mass is 35.5. The molecule has 1 unspecified atom stereocenters. The van der Waals surface area contributed by atoms with Crippen molar-refractivity contribution in [2.75, 3.05) is 0 Å². The van der Waals surface area contributed by atoms with Gasteiger partial charge in [-0.05, 0) is 24.5 Å². The van der Waals surface area contributed by atoms with Gasteiger partial charge in [0.25, 0.3) is 0 Å². The zero-order valence-electron chi connectivity index (χ0n) is 8.15. The van der Waals surface area contributed by atoms with Crippen LogP contribution < -0.4 is 0 Å². The Bertz CT molecular complexity index is 344. The molecule has 2 rings (SSSR count). The van der Waals surface area contributed by atoms with Gasteiger partial charge in [0.05, 0.1) is 12.4 Å². The van der Waals surface area contributed by atoms with E-state index in [1.165, 1.54) is 16.8 Å². The Morgan fingerprint density at radius 3 is 3.14 bits per heavy atom. The number of aryl methyl sites for hydroxylation is 1. The maximum Gasteiger partial charge on any atom is 0.178 e. The molecule has 76 valence electrons. The summed E-state index contributed by atoms with van der Waals surface area (Å²) in [6.07, 6.45) is 6.28. The number of nitrogens with zero attached hydrogens (tertiary/aromatic N) is 4. The van der Waals surface area contributed by atoms with E-state index in [1.54, 1.807) is 7.05 Å². The Morgan fingerprint density at radius 1 is 1.64 bits per heavy atom. The van der Waals surface area contributed by atoms with Gasteiger partial charge in [0.2, 0.25) is 0 Å². The normalized spacial score (nSPS) is 22.1. The third-order valence-electron chi connectivity index (χ3n) is 2.33. The monoisotopic (exact) mass is 212 g/mol. The first-order valence-corrected chi connectivity index (χ1v) is 5.24. The number of allylic oxidation sites excluding steroid dienone is 2. The number of hydrogen-bond acceptors (Lipinski definition) is 3. The first-order chi connectivity index (χ1) is 6.74. The molecule has 4 nitrogen and oxygen atoms in total. The van der Waals surface area contributed by atoms with Crippen molar-refractivity contribution in [2.45, 2.75) is 31.1 Å². The molecule has 1 aromatic heterocycles. The second-order valence-electron chi connectivity index (χ2n) is 3.61. The number of halogens is 1. The molecule has 0 saturated heterocycles. The van der Waals surface area contributed by atoms with E-state index < -0.39 is 0 Å². The number of hydrogen-bond donors (Lipinski definition) is 0. The van der Waals surface area contributed by atoms with E-state index in [1.807, 2.05) is 0 Å². The maximum absolute atomic E-state index is 6.04. The highest BCUT2D eigenvalue weighted by molar-refractivity contribution is 6.21. The fourth-order valence-electron chi connectivity index (χ4n) is 1.69. The Hall–Kier alpha value is -0.900. The lowest BCUT2D eigenvalue weighted by Gasteiger charge is -2.14. The van der Waals surface area contributed by atoms with Crippen molar-refractivity contribution < 1.29 is 0 Å². The molecule has 0 fully saturated rings. The van der Waals surface area contributed by atoms with Crippen molar-refractivity contribution in [2.24, 2.45) is 7.05 Å². The van der Waals surface area contributed by atoms with E-state index in [-0.39, 0.29) is 5.38 Å². The van der Waals surface area contributed by atoms with Gasteiger partial charge in [-0.15, -0.1) is 21.8 Å². The Morgan fingerprint density at radius 2 is 2.50 bits per heavy atom. The summed E-state index contributed by atoms with van der Waals surface area (Å²) < 4.78 is 0. The summed E-state index contributed by atoms with van der Waals surface area (Å²) in [7, 11) is 1.77. The van der Waals surface area contributed by atoms with Crippen molar-refractivity contribution in [3.8, 4) is 0 Å². The third kappa shape index (κ3) is 2.32. The van der Waals surface area contributed by atoms with Crippen LogP contribution in [-0.2, 0) is 13.5 Å². The van der Waals surface area contributed by atoms with Crippen LogP contribution in [0.5, 0.6) is 0 Å². The first kappa shape index (κ1) is 9.65. The minimum Gasteiger partial charge on any atom is -0.167 e. The van der Waals surface area contributed by atoms with E-state index in [9.17, 15) is 0 Å². The minimum absolute atomic E-state index is 0.190. The van der Waals surface area contributed by atoms with Gasteiger partial charge in [-0.3, -0.25) is 0 Å². The molecule has 5 heteroatoms. The Kier molecular flexibility index (Phi) is 2.82. The zero-order valence-corrected chi connectivity index (χ0v) is 8.91. The zero-order chi connectivity index (χ0) is 9.97. The van der Waals surface area contributed by atoms with Crippen LogP contribution in [0.3, 0.4) is 0 Å². The molecule has 1 aliphatic rings. The summed E-state index contributed by atoms with van der Waals surface area (Å²) in [5.41, 5.74) is 1.34. The summed E-state index contributed by atoms with van der Waals surface area (Å²) in [5, 5.41) is 12.1. The molecule has 0 saturated carbocycles. The highest BCUT2D eigenvalue weighted by Crippen LogP contribution is 2.23. The predicted molar refractivity (Wildman–Crippen MR) is 54.1 cm³/mol. The van der Waals surface area contributed by atoms with Gasteiger partial charge in [-0.2, -0.15) is 4.80 Å². The summed E-state index contributed by atoms with van der Waals surface area (Å²) >= 11 is 6.04. The van der Waals surface area contributed by atoms with Crippen LogP contribution in [0.15, 0.2) is 11.6 Å². The third-order valence-corrected chi connectivity index (χ3v) is 2.67. The number of rotatable bonds is 2. The fourth-order valence-corrected chi connectivity index (χ4v) is 2.02. The molecule has 0 amide bonds. The summed E-state index contributed by atoms with van der Waals surface area (Å²) in [5.74, 6) is 0.782. The average Bonchev–Trinajstić information content (AvgIpc) is 2.51. The van der Waals surface area contributed by atoms with E-state index in [0.29, 0.717) is 0 Å². The van der Waals surface area contributed by atoms with Crippen molar-refractivity contribution in [1.82, 2.24) is 20.2 Å². The molecule has 0 spiro atoms. The van der Waals surface area contributed by atoms with Crippen LogP contribution in [0.1, 0.15) is 25.1 Å². The van der Waals surface area contributed by atoms with Gasteiger partial charge in [0.15, 0.2) is 5.82 Å². The molecular weight excluding hydrogens is 200 g/mol. The Balaban J connectivity index is 2.03. The van der Waals surface area contributed by atoms with Crippen molar-refractivity contribution in [1.29, 1.82) is 0 Å². The largest absolute Gasteiger partial charge is 0.178 e. The smallest absolute Gasteiger partial charge is 0.167 e. The number of alkyl halides is 1. The van der Waals surface area contributed by atoms with Crippen LogP contribution in [0.25, 0.3) is 0 Å². The van der Waals surface area contributed by atoms with Gasteiger partial charge in [-0.25, -0.2) is 0 Å². The van der Waals surface area contributed by atoms with Crippen molar-refractivity contribution in [3.05, 3.63) is 17.5 Å². The first-order valence-electron chi connectivity index (χ1n) is 4.80. The van der Waals surface area contributed by atoms with Crippen molar-refractivity contribution in [3.63, 3.8) is 0 Å². The van der Waals surface area contributed by atoms with E-state index in [0.717, 1.165) is 25.1 Å². The molecule has 1 aromatic rings. The number of aromatic nitrogens is 4. The van der Waals surface area contributed by atoms with Crippen LogP contribution in [0.4, 0.5) is 0 Å². The van der Waals surface area contributed by atoms with Crippen LogP contribution >= 0.6 is 11.6 Å². The van der Waals surface area contributed by atoms with Gasteiger partial charge in [-0.1, -0.05) is 11.6 Å². The quantitative estimate of drug-likeness (QED) is 0.551. The summed E-state index contributed by atoms with van der Waals surface area (Å²) in [6, 6.07) is 0. The van der Waals surface area contributed by atoms with Gasteiger partial charge in [0, 0.05) is 6.42 Å². The second-order valence-corrected chi connectivity index (χ2v) is 4.17. The lowest BCUT2D eigenvalue weighted by molar-refractivity contribution is 0.627. The molecule has 0 bridgehead atoms. The Labute approximate surface area is 87.9 Å². The van der Waals surface area contributed by atoms with Gasteiger partial charge in [0.1, 0.15) is 0 Å². The van der Waals surface area contributed by atoms with Gasteiger partial charge < -0.3 is 0 Å². The van der Waals surface area contributed by atoms with Gasteiger partial charge >= 0.3 is 0 Å². The maximum atomic E-state index is 6.04. The summed E-state index contributed by atoms with van der Waals surface area (Å²) in [6.45, 7) is 0. The molecule has 14 heavy (non-hydrogen) atoms. The molecule has 0 aromatic carbocycles. The SMILES string of the molecule is Cn1nnc(CC2=CC(Cl)CCC2)n1. The average molecular weight is 213 g/mol. The topological polar surface area (TPSA) is 43.6 Å². The number of tetrazole rings is 1.